The molecule has 1 heterocycles. The number of hydrogen-bond acceptors (Lipinski definition) is 3. The number of anilines is 2. The summed E-state index contributed by atoms with van der Waals surface area (Å²) >= 11 is 1.96. The molecule has 0 aliphatic carbocycles. The molecule has 19 heavy (non-hydrogen) atoms. The minimum atomic E-state index is -1.20. The monoisotopic (exact) mass is 374 g/mol. The first-order chi connectivity index (χ1) is 8.97. The van der Waals surface area contributed by atoms with E-state index in [0.29, 0.717) is 8.30 Å². The van der Waals surface area contributed by atoms with Gasteiger partial charge in [-0.2, -0.15) is 4.73 Å². The van der Waals surface area contributed by atoms with Crippen molar-refractivity contribution in [1.29, 1.82) is 0 Å². The van der Waals surface area contributed by atoms with E-state index in [2.05, 4.69) is 5.32 Å². The zero-order valence-corrected chi connectivity index (χ0v) is 11.6. The number of aromatic nitrogens is 1. The van der Waals surface area contributed by atoms with Gasteiger partial charge in [-0.05, 0) is 40.8 Å². The number of carboxylic acid groups (broad SMARTS) is 1. The van der Waals surface area contributed by atoms with E-state index in [1.165, 1.54) is 12.1 Å². The molecule has 1 aromatic heterocycles. The number of nitrogens with zero attached hydrogens (tertiary/aromatic N) is 1. The smallest absolute Gasteiger partial charge is 0.338 e. The van der Waals surface area contributed by atoms with Crippen LogP contribution in [0.5, 0.6) is 0 Å². The predicted octanol–water partition coefficient (Wildman–Crippen LogP) is 2.51. The van der Waals surface area contributed by atoms with Crippen LogP contribution >= 0.6 is 22.6 Å². The quantitative estimate of drug-likeness (QED) is 0.492. The number of halogens is 2. The Morgan fingerprint density at radius 3 is 2.74 bits per heavy atom. The van der Waals surface area contributed by atoms with Gasteiger partial charge >= 0.3 is 5.97 Å². The van der Waals surface area contributed by atoms with Crippen LogP contribution in [-0.4, -0.2) is 11.1 Å². The fraction of sp³-hybridized carbons (Fsp3) is 0. The lowest BCUT2D eigenvalue weighted by Gasteiger charge is -2.09. The number of nitrogens with one attached hydrogen (secondary N) is 1. The highest BCUT2D eigenvalue weighted by Crippen LogP contribution is 2.23. The zero-order valence-electron chi connectivity index (χ0n) is 9.43. The summed E-state index contributed by atoms with van der Waals surface area (Å²) in [5.74, 6) is -1.72. The molecule has 0 amide bonds. The number of benzene rings is 1. The zero-order chi connectivity index (χ0) is 14.0. The molecular weight excluding hydrogens is 366 g/mol. The van der Waals surface area contributed by atoms with E-state index in [9.17, 15) is 14.4 Å². The fourth-order valence-corrected chi connectivity index (χ4v) is 1.95. The number of aromatic carboxylic acids is 1. The van der Waals surface area contributed by atoms with Crippen molar-refractivity contribution in [2.45, 2.75) is 0 Å². The highest BCUT2D eigenvalue weighted by molar-refractivity contribution is 14.1. The Balaban J connectivity index is 2.42. The number of carboxylic acids is 1. The van der Waals surface area contributed by atoms with Crippen LogP contribution in [0.15, 0.2) is 36.7 Å². The lowest BCUT2D eigenvalue weighted by Crippen LogP contribution is -2.26. The third kappa shape index (κ3) is 3.11. The molecule has 0 atom stereocenters. The van der Waals surface area contributed by atoms with Crippen molar-refractivity contribution < 1.29 is 19.0 Å². The maximum atomic E-state index is 13.7. The van der Waals surface area contributed by atoms with Crippen molar-refractivity contribution in [3.8, 4) is 0 Å². The van der Waals surface area contributed by atoms with Gasteiger partial charge in [0, 0.05) is 9.64 Å². The summed E-state index contributed by atoms with van der Waals surface area (Å²) in [6.45, 7) is 0. The van der Waals surface area contributed by atoms with Gasteiger partial charge in [0.1, 0.15) is 11.5 Å². The number of carbonyl (C=O) groups is 1. The average Bonchev–Trinajstić information content (AvgIpc) is 2.32. The van der Waals surface area contributed by atoms with E-state index in [1.807, 2.05) is 22.6 Å². The first-order valence-electron chi connectivity index (χ1n) is 5.15. The van der Waals surface area contributed by atoms with Gasteiger partial charge in [-0.1, -0.05) is 0 Å². The molecule has 0 fully saturated rings. The SMILES string of the molecule is O=C(O)c1cc[n+]([O-])cc1Nc1ccc(I)cc1F. The average molecular weight is 374 g/mol. The molecule has 7 heteroatoms. The van der Waals surface area contributed by atoms with E-state index >= 15 is 0 Å². The van der Waals surface area contributed by atoms with Crippen LogP contribution in [0.4, 0.5) is 15.8 Å². The summed E-state index contributed by atoms with van der Waals surface area (Å²) in [5, 5.41) is 22.8. The summed E-state index contributed by atoms with van der Waals surface area (Å²) < 4.78 is 14.8. The van der Waals surface area contributed by atoms with Crippen molar-refractivity contribution >= 4 is 39.9 Å². The standard InChI is InChI=1S/C12H8FIN2O3/c13-9-5-7(14)1-2-10(9)15-11-6-16(19)4-3-8(11)12(17)18/h1-6,15H,(H,17,18). The molecule has 5 nitrogen and oxygen atoms in total. The molecule has 2 aromatic rings. The van der Waals surface area contributed by atoms with Crippen molar-refractivity contribution in [2.24, 2.45) is 0 Å². The molecule has 2 rings (SSSR count). The summed E-state index contributed by atoms with van der Waals surface area (Å²) in [7, 11) is 0. The second kappa shape index (κ2) is 5.39. The van der Waals surface area contributed by atoms with Crippen molar-refractivity contribution in [3.05, 3.63) is 56.8 Å². The minimum absolute atomic E-state index is 0.0325. The molecular formula is C12H8FIN2O3. The maximum Gasteiger partial charge on any atom is 0.338 e. The Morgan fingerprint density at radius 1 is 1.37 bits per heavy atom. The normalized spacial score (nSPS) is 10.2. The van der Waals surface area contributed by atoms with Gasteiger partial charge in [0.25, 0.3) is 0 Å². The Labute approximate surface area is 121 Å². The Kier molecular flexibility index (Phi) is 3.84. The molecule has 0 aliphatic heterocycles. The molecule has 0 radical (unpaired) electrons. The third-order valence-corrected chi connectivity index (χ3v) is 3.04. The molecule has 0 spiro atoms. The van der Waals surface area contributed by atoms with Crippen LogP contribution in [0.3, 0.4) is 0 Å². The molecule has 0 aliphatic rings. The van der Waals surface area contributed by atoms with Crippen molar-refractivity contribution in [3.63, 3.8) is 0 Å². The Hall–Kier alpha value is -1.90. The van der Waals surface area contributed by atoms with Crippen molar-refractivity contribution in [2.75, 3.05) is 5.32 Å². The van der Waals surface area contributed by atoms with Crippen LogP contribution in [-0.2, 0) is 0 Å². The summed E-state index contributed by atoms with van der Waals surface area (Å²) in [6, 6.07) is 5.60. The molecule has 2 N–H and O–H groups in total. The second-order valence-corrected chi connectivity index (χ2v) is 4.93. The van der Waals surface area contributed by atoms with Crippen LogP contribution in [0.2, 0.25) is 0 Å². The van der Waals surface area contributed by atoms with Gasteiger partial charge in [-0.3, -0.25) is 0 Å². The minimum Gasteiger partial charge on any atom is -0.619 e. The van der Waals surface area contributed by atoms with Gasteiger partial charge in [0.2, 0.25) is 6.20 Å². The first-order valence-corrected chi connectivity index (χ1v) is 6.23. The van der Waals surface area contributed by atoms with Gasteiger partial charge in [-0.25, -0.2) is 9.18 Å². The van der Waals surface area contributed by atoms with Gasteiger partial charge in [0.15, 0.2) is 6.20 Å². The van der Waals surface area contributed by atoms with Crippen LogP contribution in [0.1, 0.15) is 10.4 Å². The summed E-state index contributed by atoms with van der Waals surface area (Å²) in [5.41, 5.74) is 0.0317. The van der Waals surface area contributed by atoms with Crippen molar-refractivity contribution in [1.82, 2.24) is 0 Å². The Bertz CT molecular complexity index is 649. The van der Waals surface area contributed by atoms with E-state index in [1.54, 1.807) is 6.07 Å². The lowest BCUT2D eigenvalue weighted by atomic mass is 10.2. The number of rotatable bonds is 3. The first kappa shape index (κ1) is 13.5. The molecule has 98 valence electrons. The fourth-order valence-electron chi connectivity index (χ4n) is 1.50. The van der Waals surface area contributed by atoms with E-state index in [4.69, 9.17) is 5.11 Å². The van der Waals surface area contributed by atoms with E-state index in [0.717, 1.165) is 18.5 Å². The van der Waals surface area contributed by atoms with Crippen LogP contribution in [0, 0.1) is 14.6 Å². The highest BCUT2D eigenvalue weighted by Gasteiger charge is 2.15. The largest absolute Gasteiger partial charge is 0.619 e. The Morgan fingerprint density at radius 2 is 2.11 bits per heavy atom. The highest BCUT2D eigenvalue weighted by atomic mass is 127. The van der Waals surface area contributed by atoms with Gasteiger partial charge < -0.3 is 15.6 Å². The second-order valence-electron chi connectivity index (χ2n) is 3.69. The number of pyridine rings is 1. The summed E-state index contributed by atoms with van der Waals surface area (Å²) in [6.07, 6.45) is 2.11. The lowest BCUT2D eigenvalue weighted by molar-refractivity contribution is -0.604. The predicted molar refractivity (Wildman–Crippen MR) is 74.8 cm³/mol. The number of hydrogen-bond donors (Lipinski definition) is 2. The molecule has 0 unspecified atom stereocenters. The van der Waals surface area contributed by atoms with Crippen LogP contribution in [0.25, 0.3) is 0 Å². The van der Waals surface area contributed by atoms with E-state index < -0.39 is 11.8 Å². The van der Waals surface area contributed by atoms with Crippen LogP contribution < -0.4 is 10.0 Å². The van der Waals surface area contributed by atoms with Gasteiger partial charge in [-0.15, -0.1) is 0 Å². The van der Waals surface area contributed by atoms with E-state index in [-0.39, 0.29) is 16.9 Å². The third-order valence-electron chi connectivity index (χ3n) is 2.37. The molecule has 1 aromatic carbocycles. The topological polar surface area (TPSA) is 76.3 Å². The molecule has 0 saturated carbocycles. The summed E-state index contributed by atoms with van der Waals surface area (Å²) in [4.78, 5) is 11.0. The molecule has 0 saturated heterocycles. The molecule has 0 bridgehead atoms. The maximum absolute atomic E-state index is 13.7. The van der Waals surface area contributed by atoms with Gasteiger partial charge in [0.05, 0.1) is 11.3 Å².